The highest BCUT2D eigenvalue weighted by molar-refractivity contribution is 7.98. The maximum atomic E-state index is 12.1. The van der Waals surface area contributed by atoms with Crippen molar-refractivity contribution in [1.29, 1.82) is 0 Å². The summed E-state index contributed by atoms with van der Waals surface area (Å²) in [4.78, 5) is 0. The minimum atomic E-state index is -4.24. The first kappa shape index (κ1) is 19.4. The van der Waals surface area contributed by atoms with Crippen LogP contribution in [0.2, 0.25) is 0 Å². The van der Waals surface area contributed by atoms with Gasteiger partial charge < -0.3 is 0 Å². The third-order valence-electron chi connectivity index (χ3n) is 3.51. The van der Waals surface area contributed by atoms with Crippen molar-refractivity contribution < 1.29 is 13.2 Å². The van der Waals surface area contributed by atoms with Gasteiger partial charge in [0.05, 0.1) is 0 Å². The maximum absolute atomic E-state index is 12.1. The predicted octanol–water partition coefficient (Wildman–Crippen LogP) is 6.12. The second kappa shape index (κ2) is 7.73. The molecule has 126 valence electrons. The SMILES string of the molecule is CC(C)C(CC(C)(C)C)c1ccc(CNSC(F)(F)F)cc1. The smallest absolute Gasteiger partial charge is 0.252 e. The van der Waals surface area contributed by atoms with Gasteiger partial charge in [-0.25, -0.2) is 0 Å². The van der Waals surface area contributed by atoms with Crippen molar-refractivity contribution in [2.24, 2.45) is 11.3 Å². The molecule has 1 nitrogen and oxygen atoms in total. The van der Waals surface area contributed by atoms with E-state index in [9.17, 15) is 13.2 Å². The van der Waals surface area contributed by atoms with E-state index in [0.29, 0.717) is 11.8 Å². The summed E-state index contributed by atoms with van der Waals surface area (Å²) < 4.78 is 38.6. The number of rotatable bonds is 6. The van der Waals surface area contributed by atoms with Gasteiger partial charge in [-0.3, -0.25) is 4.72 Å². The van der Waals surface area contributed by atoms with Crippen molar-refractivity contribution in [3.8, 4) is 0 Å². The molecule has 0 heterocycles. The lowest BCUT2D eigenvalue weighted by atomic mass is 9.76. The summed E-state index contributed by atoms with van der Waals surface area (Å²) in [6.07, 6.45) is 1.09. The molecule has 1 unspecified atom stereocenters. The van der Waals surface area contributed by atoms with Gasteiger partial charge in [0.25, 0.3) is 0 Å². The molecule has 0 aliphatic heterocycles. The van der Waals surface area contributed by atoms with Crippen LogP contribution < -0.4 is 4.72 Å². The van der Waals surface area contributed by atoms with Crippen molar-refractivity contribution in [3.05, 3.63) is 35.4 Å². The minimum absolute atomic E-state index is 0.198. The average Bonchev–Trinajstić information content (AvgIpc) is 2.34. The molecular formula is C17H26F3NS. The lowest BCUT2D eigenvalue weighted by Crippen LogP contribution is -2.16. The van der Waals surface area contributed by atoms with Gasteiger partial charge in [-0.05, 0) is 34.8 Å². The maximum Gasteiger partial charge on any atom is 0.456 e. The van der Waals surface area contributed by atoms with Gasteiger partial charge in [0, 0.05) is 18.5 Å². The number of hydrogen-bond donors (Lipinski definition) is 1. The molecule has 0 aromatic heterocycles. The van der Waals surface area contributed by atoms with Crippen LogP contribution in [0.1, 0.15) is 58.1 Å². The monoisotopic (exact) mass is 333 g/mol. The van der Waals surface area contributed by atoms with E-state index in [1.165, 1.54) is 5.56 Å². The second-order valence-electron chi connectivity index (χ2n) is 7.23. The van der Waals surface area contributed by atoms with Crippen LogP contribution >= 0.6 is 11.9 Å². The Labute approximate surface area is 136 Å². The summed E-state index contributed by atoms with van der Waals surface area (Å²) in [6.45, 7) is 11.3. The molecule has 0 aliphatic carbocycles. The Kier molecular flexibility index (Phi) is 6.81. The molecule has 0 aliphatic rings. The molecule has 0 amide bonds. The first-order chi connectivity index (χ1) is 9.98. The van der Waals surface area contributed by atoms with Crippen LogP contribution in [0.4, 0.5) is 13.2 Å². The van der Waals surface area contributed by atoms with Gasteiger partial charge in [-0.15, -0.1) is 0 Å². The Balaban J connectivity index is 2.69. The average molecular weight is 333 g/mol. The first-order valence-corrected chi connectivity index (χ1v) is 8.36. The van der Waals surface area contributed by atoms with Gasteiger partial charge >= 0.3 is 5.51 Å². The van der Waals surface area contributed by atoms with Crippen LogP contribution in [0.15, 0.2) is 24.3 Å². The van der Waals surface area contributed by atoms with E-state index in [1.807, 2.05) is 24.3 Å². The molecule has 0 bridgehead atoms. The Bertz CT molecular complexity index is 446. The third kappa shape index (κ3) is 7.54. The molecule has 1 rings (SSSR count). The standard InChI is InChI=1S/C17H26F3NS/c1-12(2)15(10-16(3,4)5)14-8-6-13(7-9-14)11-21-22-17(18,19)20/h6-9,12,15,21H,10-11H2,1-5H3. The Morgan fingerprint density at radius 1 is 1.05 bits per heavy atom. The summed E-state index contributed by atoms with van der Waals surface area (Å²) in [5, 5.41) is 0. The summed E-state index contributed by atoms with van der Waals surface area (Å²) in [5.74, 6) is 0.996. The van der Waals surface area contributed by atoms with E-state index in [2.05, 4.69) is 39.3 Å². The van der Waals surface area contributed by atoms with Crippen LogP contribution in [0.3, 0.4) is 0 Å². The molecule has 1 N–H and O–H groups in total. The lowest BCUT2D eigenvalue weighted by Gasteiger charge is -2.29. The van der Waals surface area contributed by atoms with Crippen molar-refractivity contribution in [1.82, 2.24) is 4.72 Å². The Morgan fingerprint density at radius 3 is 2.00 bits per heavy atom. The van der Waals surface area contributed by atoms with E-state index in [-0.39, 0.29) is 23.9 Å². The van der Waals surface area contributed by atoms with Gasteiger partial charge in [0.15, 0.2) is 0 Å². The van der Waals surface area contributed by atoms with Gasteiger partial charge in [-0.1, -0.05) is 58.9 Å². The fraction of sp³-hybridized carbons (Fsp3) is 0.647. The fourth-order valence-electron chi connectivity index (χ4n) is 2.48. The Morgan fingerprint density at radius 2 is 1.59 bits per heavy atom. The van der Waals surface area contributed by atoms with Gasteiger partial charge in [0.2, 0.25) is 0 Å². The van der Waals surface area contributed by atoms with Gasteiger partial charge in [0.1, 0.15) is 0 Å². The first-order valence-electron chi connectivity index (χ1n) is 7.54. The highest BCUT2D eigenvalue weighted by Gasteiger charge is 2.28. The summed E-state index contributed by atoms with van der Waals surface area (Å²) in [6, 6.07) is 7.92. The number of alkyl halides is 3. The quantitative estimate of drug-likeness (QED) is 0.629. The number of halogens is 3. The predicted molar refractivity (Wildman–Crippen MR) is 88.6 cm³/mol. The number of hydrogen-bond acceptors (Lipinski definition) is 2. The Hall–Kier alpha value is -0.680. The van der Waals surface area contributed by atoms with E-state index in [4.69, 9.17) is 0 Å². The van der Waals surface area contributed by atoms with Crippen molar-refractivity contribution in [2.45, 2.75) is 59.0 Å². The lowest BCUT2D eigenvalue weighted by molar-refractivity contribution is -0.0336. The van der Waals surface area contributed by atoms with Crippen LogP contribution in [0, 0.1) is 11.3 Å². The molecule has 0 radical (unpaired) electrons. The minimum Gasteiger partial charge on any atom is -0.252 e. The molecule has 0 saturated heterocycles. The van der Waals surface area contributed by atoms with E-state index in [0.717, 1.165) is 12.0 Å². The van der Waals surface area contributed by atoms with Crippen molar-refractivity contribution in [2.75, 3.05) is 0 Å². The zero-order valence-corrected chi connectivity index (χ0v) is 14.7. The molecule has 22 heavy (non-hydrogen) atoms. The van der Waals surface area contributed by atoms with E-state index < -0.39 is 5.51 Å². The molecule has 1 aromatic rings. The highest BCUT2D eigenvalue weighted by Crippen LogP contribution is 2.36. The normalized spacial score (nSPS) is 14.4. The zero-order chi connectivity index (χ0) is 17.0. The molecule has 5 heteroatoms. The number of benzene rings is 1. The molecule has 0 saturated carbocycles. The molecule has 1 atom stereocenters. The summed E-state index contributed by atoms with van der Waals surface area (Å²) >= 11 is -0.198. The third-order valence-corrected chi connectivity index (χ3v) is 4.03. The molecule has 0 fully saturated rings. The molecule has 1 aromatic carbocycles. The van der Waals surface area contributed by atoms with Crippen molar-refractivity contribution in [3.63, 3.8) is 0 Å². The van der Waals surface area contributed by atoms with Crippen LogP contribution in [-0.4, -0.2) is 5.51 Å². The number of nitrogens with one attached hydrogen (secondary N) is 1. The molecular weight excluding hydrogens is 307 g/mol. The van der Waals surface area contributed by atoms with E-state index >= 15 is 0 Å². The van der Waals surface area contributed by atoms with Gasteiger partial charge in [-0.2, -0.15) is 13.2 Å². The second-order valence-corrected chi connectivity index (χ2v) is 8.18. The summed E-state index contributed by atoms with van der Waals surface area (Å²) in [7, 11) is 0. The van der Waals surface area contributed by atoms with Crippen LogP contribution in [-0.2, 0) is 6.54 Å². The van der Waals surface area contributed by atoms with Crippen LogP contribution in [0.25, 0.3) is 0 Å². The molecule has 0 spiro atoms. The fourth-order valence-corrected chi connectivity index (χ4v) is 2.88. The largest absolute Gasteiger partial charge is 0.456 e. The van der Waals surface area contributed by atoms with Crippen molar-refractivity contribution >= 4 is 11.9 Å². The van der Waals surface area contributed by atoms with E-state index in [1.54, 1.807) is 0 Å². The topological polar surface area (TPSA) is 12.0 Å². The summed E-state index contributed by atoms with van der Waals surface area (Å²) in [5.41, 5.74) is -1.87. The zero-order valence-electron chi connectivity index (χ0n) is 13.9. The van der Waals surface area contributed by atoms with Crippen LogP contribution in [0.5, 0.6) is 0 Å². The highest BCUT2D eigenvalue weighted by atomic mass is 32.2.